The van der Waals surface area contributed by atoms with Crippen molar-refractivity contribution in [1.82, 2.24) is 24.8 Å². The van der Waals surface area contributed by atoms with Crippen LogP contribution in [0.5, 0.6) is 0 Å². The molecule has 0 aliphatic carbocycles. The molecule has 3 aliphatic rings. The first kappa shape index (κ1) is 23.6. The van der Waals surface area contributed by atoms with E-state index in [9.17, 15) is 9.59 Å². The van der Waals surface area contributed by atoms with E-state index in [1.807, 2.05) is 53.5 Å². The lowest BCUT2D eigenvalue weighted by molar-refractivity contribution is -0.129. The van der Waals surface area contributed by atoms with E-state index in [0.717, 1.165) is 65.3 Å². The predicted octanol–water partition coefficient (Wildman–Crippen LogP) is 2.91. The molecule has 0 unspecified atom stereocenters. The zero-order chi connectivity index (χ0) is 25.5. The molecule has 0 radical (unpaired) electrons. The number of amides is 3. The van der Waals surface area contributed by atoms with Crippen molar-refractivity contribution < 1.29 is 14.3 Å². The molecule has 0 aromatic carbocycles. The minimum atomic E-state index is -0.0370. The first-order chi connectivity index (χ1) is 18.0. The number of rotatable bonds is 3. The molecular formula is C27H31N7O3. The number of piperidine rings is 1. The fraction of sp³-hybridized carbons (Fsp3) is 0.444. The van der Waals surface area contributed by atoms with E-state index in [1.54, 1.807) is 11.8 Å². The second-order valence-corrected chi connectivity index (χ2v) is 9.95. The van der Waals surface area contributed by atoms with Crippen LogP contribution in [0.25, 0.3) is 22.3 Å². The van der Waals surface area contributed by atoms with Gasteiger partial charge in [0.05, 0.1) is 36.7 Å². The fourth-order valence-electron chi connectivity index (χ4n) is 5.53. The van der Waals surface area contributed by atoms with Crippen LogP contribution in [-0.2, 0) is 16.1 Å². The summed E-state index contributed by atoms with van der Waals surface area (Å²) in [7, 11) is 1.82. The average molecular weight is 502 g/mol. The first-order valence-corrected chi connectivity index (χ1v) is 12.9. The molecule has 0 saturated carbocycles. The maximum atomic E-state index is 13.5. The van der Waals surface area contributed by atoms with Gasteiger partial charge in [0, 0.05) is 69.7 Å². The van der Waals surface area contributed by atoms with Gasteiger partial charge in [0.25, 0.3) is 0 Å². The Bertz CT molecular complexity index is 1330. The lowest BCUT2D eigenvalue weighted by Crippen LogP contribution is -2.54. The van der Waals surface area contributed by atoms with Gasteiger partial charge in [-0.3, -0.25) is 14.7 Å². The summed E-state index contributed by atoms with van der Waals surface area (Å²) in [5, 5.41) is 0. The number of fused-ring (bicyclic) bond motifs is 3. The molecule has 0 atom stereocenters. The third-order valence-corrected chi connectivity index (χ3v) is 7.60. The summed E-state index contributed by atoms with van der Waals surface area (Å²) in [4.78, 5) is 47.4. The highest BCUT2D eigenvalue weighted by atomic mass is 16.5. The molecule has 37 heavy (non-hydrogen) atoms. The maximum absolute atomic E-state index is 13.5. The molecule has 192 valence electrons. The van der Waals surface area contributed by atoms with Crippen molar-refractivity contribution in [3.8, 4) is 11.3 Å². The van der Waals surface area contributed by atoms with Crippen molar-refractivity contribution >= 4 is 34.5 Å². The van der Waals surface area contributed by atoms with Crippen LogP contribution in [0.4, 0.5) is 16.3 Å². The van der Waals surface area contributed by atoms with Crippen LogP contribution in [-0.4, -0.2) is 89.2 Å². The Labute approximate surface area is 215 Å². The zero-order valence-electron chi connectivity index (χ0n) is 21.3. The van der Waals surface area contributed by atoms with Crippen molar-refractivity contribution in [3.63, 3.8) is 0 Å². The fourth-order valence-corrected chi connectivity index (χ4v) is 5.53. The number of morpholine rings is 1. The third-order valence-electron chi connectivity index (χ3n) is 7.60. The number of urea groups is 1. The number of hydrogen-bond acceptors (Lipinski definition) is 7. The van der Waals surface area contributed by atoms with Crippen LogP contribution >= 0.6 is 0 Å². The van der Waals surface area contributed by atoms with Gasteiger partial charge in [0.2, 0.25) is 5.91 Å². The molecule has 6 rings (SSSR count). The van der Waals surface area contributed by atoms with E-state index in [0.29, 0.717) is 32.8 Å². The van der Waals surface area contributed by atoms with E-state index in [-0.39, 0.29) is 18.0 Å². The van der Waals surface area contributed by atoms with Gasteiger partial charge in [0.1, 0.15) is 11.3 Å². The van der Waals surface area contributed by atoms with Crippen molar-refractivity contribution in [2.45, 2.75) is 32.4 Å². The summed E-state index contributed by atoms with van der Waals surface area (Å²) in [6.45, 7) is 6.48. The van der Waals surface area contributed by atoms with Crippen molar-refractivity contribution in [3.05, 3.63) is 42.2 Å². The Hall–Kier alpha value is -3.79. The summed E-state index contributed by atoms with van der Waals surface area (Å²) in [6, 6.07) is 7.95. The van der Waals surface area contributed by atoms with Crippen LogP contribution in [0.1, 0.15) is 25.3 Å². The number of nitrogens with zero attached hydrogens (tertiary/aromatic N) is 7. The number of ether oxygens (including phenoxy) is 1. The van der Waals surface area contributed by atoms with E-state index < -0.39 is 0 Å². The van der Waals surface area contributed by atoms with Crippen LogP contribution in [0, 0.1) is 0 Å². The lowest BCUT2D eigenvalue weighted by atomic mass is 9.99. The van der Waals surface area contributed by atoms with Gasteiger partial charge >= 0.3 is 6.03 Å². The summed E-state index contributed by atoms with van der Waals surface area (Å²) in [5.41, 5.74) is 5.01. The minimum absolute atomic E-state index is 0.00451. The molecule has 0 N–H and O–H groups in total. The van der Waals surface area contributed by atoms with E-state index in [2.05, 4.69) is 14.9 Å². The number of hydrogen-bond donors (Lipinski definition) is 0. The monoisotopic (exact) mass is 501 g/mol. The molecule has 3 aliphatic heterocycles. The van der Waals surface area contributed by atoms with Crippen molar-refractivity contribution in [2.75, 3.05) is 56.2 Å². The molecule has 10 nitrogen and oxygen atoms in total. The quantitative estimate of drug-likeness (QED) is 0.545. The Kier molecular flexibility index (Phi) is 6.11. The second kappa shape index (κ2) is 9.59. The molecule has 0 spiro atoms. The smallest absolute Gasteiger partial charge is 0.324 e. The Morgan fingerprint density at radius 3 is 2.49 bits per heavy atom. The molecule has 2 fully saturated rings. The minimum Gasteiger partial charge on any atom is -0.378 e. The maximum Gasteiger partial charge on any atom is 0.324 e. The molecule has 3 aromatic rings. The molecule has 10 heteroatoms. The summed E-state index contributed by atoms with van der Waals surface area (Å²) in [5.74, 6) is 1.01. The second-order valence-electron chi connectivity index (χ2n) is 9.95. The van der Waals surface area contributed by atoms with Gasteiger partial charge in [-0.05, 0) is 37.1 Å². The number of likely N-dealkylation sites (tertiary alicyclic amines) is 1. The highest BCUT2D eigenvalue weighted by Gasteiger charge is 2.37. The normalized spacial score (nSPS) is 18.9. The third kappa shape index (κ3) is 4.35. The number of anilines is 2. The summed E-state index contributed by atoms with van der Waals surface area (Å²) >= 11 is 0. The first-order valence-electron chi connectivity index (χ1n) is 12.9. The van der Waals surface area contributed by atoms with Crippen LogP contribution in [0.3, 0.4) is 0 Å². The zero-order valence-corrected chi connectivity index (χ0v) is 21.3. The van der Waals surface area contributed by atoms with Crippen molar-refractivity contribution in [2.24, 2.45) is 0 Å². The summed E-state index contributed by atoms with van der Waals surface area (Å²) in [6.07, 6.45) is 5.18. The van der Waals surface area contributed by atoms with Crippen LogP contribution in [0.2, 0.25) is 0 Å². The summed E-state index contributed by atoms with van der Waals surface area (Å²) < 4.78 is 5.45. The largest absolute Gasteiger partial charge is 0.378 e. The molecule has 0 bridgehead atoms. The van der Waals surface area contributed by atoms with Gasteiger partial charge in [-0.2, -0.15) is 0 Å². The Balaban J connectivity index is 1.37. The van der Waals surface area contributed by atoms with Gasteiger partial charge in [-0.1, -0.05) is 0 Å². The van der Waals surface area contributed by atoms with Gasteiger partial charge in [0.15, 0.2) is 0 Å². The van der Waals surface area contributed by atoms with Gasteiger partial charge in [-0.15, -0.1) is 0 Å². The van der Waals surface area contributed by atoms with E-state index >= 15 is 0 Å². The molecule has 6 heterocycles. The highest BCUT2D eigenvalue weighted by molar-refractivity contribution is 6.04. The van der Waals surface area contributed by atoms with Crippen LogP contribution in [0.15, 0.2) is 36.7 Å². The Morgan fingerprint density at radius 2 is 1.78 bits per heavy atom. The van der Waals surface area contributed by atoms with E-state index in [1.165, 1.54) is 0 Å². The Morgan fingerprint density at radius 1 is 1.00 bits per heavy atom. The number of pyridine rings is 3. The molecule has 3 amide bonds. The van der Waals surface area contributed by atoms with Gasteiger partial charge in [-0.25, -0.2) is 14.8 Å². The molecular weight excluding hydrogens is 470 g/mol. The van der Waals surface area contributed by atoms with Gasteiger partial charge < -0.3 is 19.4 Å². The van der Waals surface area contributed by atoms with E-state index in [4.69, 9.17) is 9.72 Å². The standard InChI is InChI=1S/C27H31N7O3/c1-18(35)32-9-7-21(8-10-32)34-26-20(17-31(2)27(34)36)16-28-23-5-4-22(30-25(23)26)19-3-6-24(29-15-19)33-11-13-37-14-12-33/h3-6,15-16,21H,7-14,17H2,1-2H3. The molecule has 3 aromatic heterocycles. The average Bonchev–Trinajstić information content (AvgIpc) is 2.94. The SMILES string of the molecule is CC(=O)N1CCC(N2C(=O)N(C)Cc3cnc4ccc(-c5ccc(N6CCOCC6)nc5)nc4c32)CC1. The number of aromatic nitrogens is 3. The lowest BCUT2D eigenvalue weighted by Gasteiger charge is -2.43. The highest BCUT2D eigenvalue weighted by Crippen LogP contribution is 2.37. The van der Waals surface area contributed by atoms with Crippen LogP contribution < -0.4 is 9.80 Å². The predicted molar refractivity (Wildman–Crippen MR) is 140 cm³/mol. The number of carbonyl (C=O) groups excluding carboxylic acids is 2. The number of carbonyl (C=O) groups is 2. The topological polar surface area (TPSA) is 95.0 Å². The van der Waals surface area contributed by atoms with Crippen molar-refractivity contribution in [1.29, 1.82) is 0 Å². The molecule has 2 saturated heterocycles.